The van der Waals surface area contributed by atoms with E-state index in [1.54, 1.807) is 0 Å². The van der Waals surface area contributed by atoms with Gasteiger partial charge in [-0.05, 0) is 18.8 Å². The molecule has 0 saturated carbocycles. The van der Waals surface area contributed by atoms with Crippen LogP contribution in [0.2, 0.25) is 0 Å². The lowest BCUT2D eigenvalue weighted by molar-refractivity contribution is -0.133. The summed E-state index contributed by atoms with van der Waals surface area (Å²) in [6, 6.07) is 0. The highest BCUT2D eigenvalue weighted by molar-refractivity contribution is 7.99. The second-order valence-corrected chi connectivity index (χ2v) is 5.96. The molecule has 20 heavy (non-hydrogen) atoms. The second-order valence-electron chi connectivity index (χ2n) is 5.01. The Labute approximate surface area is 124 Å². The molecule has 0 unspecified atom stereocenters. The van der Waals surface area contributed by atoms with Crippen molar-refractivity contribution in [1.29, 1.82) is 0 Å². The van der Waals surface area contributed by atoms with Crippen molar-refractivity contribution in [1.82, 2.24) is 9.55 Å². The molecule has 114 valence electrons. The van der Waals surface area contributed by atoms with Crippen LogP contribution in [0.4, 0.5) is 0 Å². The highest BCUT2D eigenvalue weighted by Crippen LogP contribution is 2.18. The van der Waals surface area contributed by atoms with Gasteiger partial charge in [-0.25, -0.2) is 4.98 Å². The molecule has 0 fully saturated rings. The number of carboxylic acid groups (broad SMARTS) is 1. The molecule has 0 saturated heterocycles. The van der Waals surface area contributed by atoms with Gasteiger partial charge in [-0.2, -0.15) is 0 Å². The standard InChI is InChI=1S/C14H24N2O3S/c1-4-12-9-15-14(20-10-13(17)18)16(12)6-8-19-7-5-11(2)3/h9,11H,4-8,10H2,1-3H3,(H,17,18). The van der Waals surface area contributed by atoms with Crippen molar-refractivity contribution >= 4 is 17.7 Å². The van der Waals surface area contributed by atoms with E-state index >= 15 is 0 Å². The van der Waals surface area contributed by atoms with E-state index in [1.165, 1.54) is 11.8 Å². The molecule has 0 bridgehead atoms. The SMILES string of the molecule is CCc1cnc(SCC(=O)O)n1CCOCCC(C)C. The zero-order chi connectivity index (χ0) is 15.0. The Morgan fingerprint density at radius 2 is 2.25 bits per heavy atom. The van der Waals surface area contributed by atoms with Crippen molar-refractivity contribution in [3.8, 4) is 0 Å². The van der Waals surface area contributed by atoms with Gasteiger partial charge in [0.2, 0.25) is 0 Å². The molecular weight excluding hydrogens is 276 g/mol. The Bertz CT molecular complexity index is 419. The van der Waals surface area contributed by atoms with Gasteiger partial charge in [-0.1, -0.05) is 32.5 Å². The molecule has 1 aromatic rings. The highest BCUT2D eigenvalue weighted by Gasteiger charge is 2.10. The fraction of sp³-hybridized carbons (Fsp3) is 0.714. The number of carboxylic acids is 1. The maximum atomic E-state index is 10.6. The number of imidazole rings is 1. The van der Waals surface area contributed by atoms with E-state index < -0.39 is 5.97 Å². The predicted octanol–water partition coefficient (Wildman–Crippen LogP) is 2.68. The van der Waals surface area contributed by atoms with Crippen LogP contribution in [0, 0.1) is 5.92 Å². The van der Waals surface area contributed by atoms with E-state index in [2.05, 4.69) is 30.3 Å². The van der Waals surface area contributed by atoms with E-state index in [0.29, 0.717) is 12.5 Å². The minimum atomic E-state index is -0.823. The van der Waals surface area contributed by atoms with Gasteiger partial charge in [0.05, 0.1) is 12.4 Å². The lowest BCUT2D eigenvalue weighted by Gasteiger charge is -2.11. The van der Waals surface area contributed by atoms with Crippen LogP contribution in [-0.2, 0) is 22.5 Å². The first kappa shape index (κ1) is 17.0. The third-order valence-electron chi connectivity index (χ3n) is 2.89. The molecule has 0 aliphatic heterocycles. The van der Waals surface area contributed by atoms with Gasteiger partial charge in [0.1, 0.15) is 0 Å². The molecule has 0 atom stereocenters. The summed E-state index contributed by atoms with van der Waals surface area (Å²) < 4.78 is 7.68. The summed E-state index contributed by atoms with van der Waals surface area (Å²) in [6.07, 6.45) is 3.76. The fourth-order valence-electron chi connectivity index (χ4n) is 1.73. The number of aryl methyl sites for hydroxylation is 1. The second kappa shape index (κ2) is 9.02. The van der Waals surface area contributed by atoms with Gasteiger partial charge < -0.3 is 14.4 Å². The molecule has 0 radical (unpaired) electrons. The molecule has 1 heterocycles. The van der Waals surface area contributed by atoms with E-state index in [-0.39, 0.29) is 5.75 Å². The minimum absolute atomic E-state index is 0.0361. The van der Waals surface area contributed by atoms with Crippen LogP contribution >= 0.6 is 11.8 Å². The number of hydrogen-bond acceptors (Lipinski definition) is 4. The number of thioether (sulfide) groups is 1. The minimum Gasteiger partial charge on any atom is -0.481 e. The molecule has 0 aromatic carbocycles. The van der Waals surface area contributed by atoms with Gasteiger partial charge in [-0.15, -0.1) is 0 Å². The van der Waals surface area contributed by atoms with Crippen molar-refractivity contribution < 1.29 is 14.6 Å². The van der Waals surface area contributed by atoms with Crippen LogP contribution in [0.3, 0.4) is 0 Å². The van der Waals surface area contributed by atoms with Crippen LogP contribution < -0.4 is 0 Å². The van der Waals surface area contributed by atoms with Crippen molar-refractivity contribution in [3.05, 3.63) is 11.9 Å². The molecule has 1 aromatic heterocycles. The summed E-state index contributed by atoms with van der Waals surface area (Å²) in [5, 5.41) is 9.51. The average Bonchev–Trinajstić information content (AvgIpc) is 2.77. The first-order valence-corrected chi connectivity index (χ1v) is 7.99. The highest BCUT2D eigenvalue weighted by atomic mass is 32.2. The number of carbonyl (C=O) groups is 1. The summed E-state index contributed by atoms with van der Waals surface area (Å²) >= 11 is 1.26. The predicted molar refractivity (Wildman–Crippen MR) is 80.2 cm³/mol. The Morgan fingerprint density at radius 3 is 2.85 bits per heavy atom. The fourth-order valence-corrected chi connectivity index (χ4v) is 2.48. The largest absolute Gasteiger partial charge is 0.481 e. The van der Waals surface area contributed by atoms with Crippen molar-refractivity contribution in [2.24, 2.45) is 5.92 Å². The topological polar surface area (TPSA) is 64.3 Å². The van der Waals surface area contributed by atoms with Crippen LogP contribution in [0.15, 0.2) is 11.4 Å². The number of ether oxygens (including phenoxy) is 1. The smallest absolute Gasteiger partial charge is 0.313 e. The molecule has 1 rings (SSSR count). The maximum absolute atomic E-state index is 10.6. The molecule has 0 amide bonds. The maximum Gasteiger partial charge on any atom is 0.313 e. The summed E-state index contributed by atoms with van der Waals surface area (Å²) in [6.45, 7) is 8.55. The van der Waals surface area contributed by atoms with Gasteiger partial charge in [0, 0.05) is 25.0 Å². The number of aromatic nitrogens is 2. The Hall–Kier alpha value is -1.01. The van der Waals surface area contributed by atoms with Crippen molar-refractivity contribution in [3.63, 3.8) is 0 Å². The molecule has 5 nitrogen and oxygen atoms in total. The number of rotatable bonds is 10. The summed E-state index contributed by atoms with van der Waals surface area (Å²) in [7, 11) is 0. The number of nitrogens with zero attached hydrogens (tertiary/aromatic N) is 2. The van der Waals surface area contributed by atoms with Crippen LogP contribution in [0.5, 0.6) is 0 Å². The van der Waals surface area contributed by atoms with E-state index in [0.717, 1.165) is 36.8 Å². The van der Waals surface area contributed by atoms with E-state index in [4.69, 9.17) is 9.84 Å². The first-order chi connectivity index (χ1) is 9.54. The van der Waals surface area contributed by atoms with E-state index in [9.17, 15) is 4.79 Å². The Morgan fingerprint density at radius 1 is 1.50 bits per heavy atom. The molecule has 0 spiro atoms. The van der Waals surface area contributed by atoms with Gasteiger partial charge in [0.15, 0.2) is 5.16 Å². The zero-order valence-corrected chi connectivity index (χ0v) is 13.3. The Balaban J connectivity index is 2.48. The molecule has 1 N–H and O–H groups in total. The summed E-state index contributed by atoms with van der Waals surface area (Å²) in [5.41, 5.74) is 1.12. The lowest BCUT2D eigenvalue weighted by atomic mass is 10.1. The summed E-state index contributed by atoms with van der Waals surface area (Å²) in [5.74, 6) is -0.138. The molecule has 6 heteroatoms. The van der Waals surface area contributed by atoms with Crippen LogP contribution in [-0.4, -0.2) is 39.6 Å². The molecule has 0 aliphatic carbocycles. The van der Waals surface area contributed by atoms with Crippen molar-refractivity contribution in [2.75, 3.05) is 19.0 Å². The first-order valence-electron chi connectivity index (χ1n) is 7.01. The van der Waals surface area contributed by atoms with Gasteiger partial charge >= 0.3 is 5.97 Å². The number of hydrogen-bond donors (Lipinski definition) is 1. The average molecular weight is 300 g/mol. The molecule has 0 aliphatic rings. The zero-order valence-electron chi connectivity index (χ0n) is 12.5. The van der Waals surface area contributed by atoms with Gasteiger partial charge in [-0.3, -0.25) is 4.79 Å². The quantitative estimate of drug-likeness (QED) is 0.531. The monoisotopic (exact) mass is 300 g/mol. The Kier molecular flexibility index (Phi) is 7.69. The molecular formula is C14H24N2O3S. The van der Waals surface area contributed by atoms with Crippen molar-refractivity contribution in [2.45, 2.75) is 45.3 Å². The van der Waals surface area contributed by atoms with Gasteiger partial charge in [0.25, 0.3) is 0 Å². The normalized spacial score (nSPS) is 11.2. The van der Waals surface area contributed by atoms with Crippen LogP contribution in [0.1, 0.15) is 32.9 Å². The third-order valence-corrected chi connectivity index (χ3v) is 3.86. The summed E-state index contributed by atoms with van der Waals surface area (Å²) in [4.78, 5) is 14.9. The number of aliphatic carboxylic acids is 1. The third kappa shape index (κ3) is 5.96. The lowest BCUT2D eigenvalue weighted by Crippen LogP contribution is -2.11. The van der Waals surface area contributed by atoms with E-state index in [1.807, 2.05) is 6.20 Å². The van der Waals surface area contributed by atoms with Crippen LogP contribution in [0.25, 0.3) is 0 Å².